The summed E-state index contributed by atoms with van der Waals surface area (Å²) in [5.74, 6) is -0.189. The molecule has 1 fully saturated rings. The van der Waals surface area contributed by atoms with Crippen LogP contribution in [0.15, 0.2) is 12.4 Å². The van der Waals surface area contributed by atoms with Crippen LogP contribution in [0.1, 0.15) is 29.5 Å². The highest BCUT2D eigenvalue weighted by molar-refractivity contribution is 5.92. The van der Waals surface area contributed by atoms with Crippen molar-refractivity contribution in [2.45, 2.75) is 20.3 Å². The molecule has 0 aromatic carbocycles. The number of nitrogens with zero attached hydrogens (tertiary/aromatic N) is 3. The van der Waals surface area contributed by atoms with Crippen LogP contribution in [0.5, 0.6) is 0 Å². The van der Waals surface area contributed by atoms with E-state index < -0.39 is 0 Å². The molecule has 2 N–H and O–H groups in total. The predicted molar refractivity (Wildman–Crippen MR) is 81.5 cm³/mol. The van der Waals surface area contributed by atoms with Gasteiger partial charge < -0.3 is 15.1 Å². The van der Waals surface area contributed by atoms with Gasteiger partial charge in [-0.1, -0.05) is 0 Å². The van der Waals surface area contributed by atoms with Gasteiger partial charge in [-0.2, -0.15) is 0 Å². The van der Waals surface area contributed by atoms with E-state index in [1.807, 2.05) is 11.8 Å². The van der Waals surface area contributed by atoms with Gasteiger partial charge in [0.15, 0.2) is 0 Å². The van der Waals surface area contributed by atoms with Gasteiger partial charge in [0.25, 0.3) is 5.91 Å². The molecule has 2 amide bonds. The van der Waals surface area contributed by atoms with Gasteiger partial charge in [0.2, 0.25) is 5.91 Å². The number of piperazine rings is 1. The number of quaternary nitrogens is 1. The number of aromatic nitrogens is 2. The summed E-state index contributed by atoms with van der Waals surface area (Å²) in [6.45, 7) is 9.04. The van der Waals surface area contributed by atoms with Gasteiger partial charge in [0.05, 0.1) is 44.6 Å². The molecule has 0 atom stereocenters. The van der Waals surface area contributed by atoms with E-state index in [-0.39, 0.29) is 17.5 Å². The number of carbonyl (C=O) groups is 2. The Hall–Kier alpha value is -2.02. The lowest BCUT2D eigenvalue weighted by atomic mass is 10.2. The quantitative estimate of drug-likeness (QED) is 0.705. The molecule has 1 aromatic rings. The molecule has 120 valence electrons. The Labute approximate surface area is 130 Å². The van der Waals surface area contributed by atoms with Crippen molar-refractivity contribution in [3.63, 3.8) is 0 Å². The van der Waals surface area contributed by atoms with E-state index in [0.29, 0.717) is 13.0 Å². The maximum atomic E-state index is 12.1. The van der Waals surface area contributed by atoms with Crippen LogP contribution in [0.4, 0.5) is 0 Å². The normalized spacial score (nSPS) is 15.6. The molecule has 1 aliphatic rings. The lowest BCUT2D eigenvalue weighted by Gasteiger charge is -2.31. The van der Waals surface area contributed by atoms with Gasteiger partial charge in [-0.25, -0.2) is 4.98 Å². The van der Waals surface area contributed by atoms with Gasteiger partial charge >= 0.3 is 0 Å². The minimum atomic E-state index is -0.291. The van der Waals surface area contributed by atoms with Gasteiger partial charge in [-0.05, 0) is 13.8 Å². The Kier molecular flexibility index (Phi) is 5.83. The first kappa shape index (κ1) is 16.4. The molecule has 7 nitrogen and oxygen atoms in total. The van der Waals surface area contributed by atoms with Crippen LogP contribution in [0.3, 0.4) is 0 Å². The minimum Gasteiger partial charge on any atom is -0.350 e. The number of hydrogen-bond acceptors (Lipinski definition) is 4. The summed E-state index contributed by atoms with van der Waals surface area (Å²) < 4.78 is 0. The summed E-state index contributed by atoms with van der Waals surface area (Å²) in [7, 11) is 0. The topological polar surface area (TPSA) is 79.6 Å². The maximum absolute atomic E-state index is 12.1. The second-order valence-electron chi connectivity index (χ2n) is 5.53. The Morgan fingerprint density at radius 1 is 1.27 bits per heavy atom. The fourth-order valence-electron chi connectivity index (χ4n) is 2.47. The largest absolute Gasteiger partial charge is 0.350 e. The molecule has 7 heteroatoms. The number of carbonyl (C=O) groups excluding carboxylic acids is 2. The van der Waals surface area contributed by atoms with E-state index in [1.54, 1.807) is 6.20 Å². The van der Waals surface area contributed by atoms with Crippen LogP contribution in [0.2, 0.25) is 0 Å². The number of nitrogens with one attached hydrogen (secondary N) is 2. The van der Waals surface area contributed by atoms with Crippen LogP contribution in [0.25, 0.3) is 0 Å². The zero-order valence-corrected chi connectivity index (χ0v) is 13.3. The van der Waals surface area contributed by atoms with E-state index in [9.17, 15) is 9.59 Å². The summed E-state index contributed by atoms with van der Waals surface area (Å²) in [5, 5.41) is 2.71. The highest BCUT2D eigenvalue weighted by Gasteiger charge is 2.22. The van der Waals surface area contributed by atoms with Crippen molar-refractivity contribution in [2.24, 2.45) is 0 Å². The molecule has 0 spiro atoms. The van der Waals surface area contributed by atoms with E-state index >= 15 is 0 Å². The lowest BCUT2D eigenvalue weighted by molar-refractivity contribution is -0.902. The molecule has 1 aromatic heterocycles. The molecule has 0 aliphatic carbocycles. The monoisotopic (exact) mass is 306 g/mol. The van der Waals surface area contributed by atoms with Crippen molar-refractivity contribution in [3.05, 3.63) is 23.8 Å². The average molecular weight is 306 g/mol. The number of aryl methyl sites for hydroxylation is 1. The van der Waals surface area contributed by atoms with Crippen LogP contribution in [0, 0.1) is 6.92 Å². The van der Waals surface area contributed by atoms with E-state index in [2.05, 4.69) is 22.2 Å². The molecule has 22 heavy (non-hydrogen) atoms. The molecule has 1 saturated heterocycles. The number of amides is 2. The van der Waals surface area contributed by atoms with Crippen molar-refractivity contribution in [1.82, 2.24) is 20.2 Å². The fraction of sp³-hybridized carbons (Fsp3) is 0.600. The SMILES string of the molecule is CC[NH+]1CCN(C(=O)CCNC(=O)c2cnc(C)cn2)CC1. The summed E-state index contributed by atoms with van der Waals surface area (Å²) in [4.78, 5) is 35.4. The molecule has 0 radical (unpaired) electrons. The van der Waals surface area contributed by atoms with E-state index in [4.69, 9.17) is 0 Å². The molecule has 2 heterocycles. The summed E-state index contributed by atoms with van der Waals surface area (Å²) >= 11 is 0. The zero-order chi connectivity index (χ0) is 15.9. The van der Waals surface area contributed by atoms with Gasteiger partial charge in [0.1, 0.15) is 5.69 Å². The lowest BCUT2D eigenvalue weighted by Crippen LogP contribution is -3.14. The van der Waals surface area contributed by atoms with Crippen molar-refractivity contribution in [3.8, 4) is 0 Å². The summed E-state index contributed by atoms with van der Waals surface area (Å²) in [6, 6.07) is 0. The third-order valence-electron chi connectivity index (χ3n) is 3.96. The van der Waals surface area contributed by atoms with Gasteiger partial charge in [-0.15, -0.1) is 0 Å². The van der Waals surface area contributed by atoms with Crippen molar-refractivity contribution < 1.29 is 14.5 Å². The molecular weight excluding hydrogens is 282 g/mol. The first-order valence-electron chi connectivity index (χ1n) is 7.78. The third kappa shape index (κ3) is 4.49. The molecule has 0 unspecified atom stereocenters. The molecular formula is C15H24N5O2+. The van der Waals surface area contributed by atoms with Crippen molar-refractivity contribution in [2.75, 3.05) is 39.3 Å². The molecule has 2 rings (SSSR count). The molecule has 0 bridgehead atoms. The Bertz CT molecular complexity index is 509. The Morgan fingerprint density at radius 2 is 2.00 bits per heavy atom. The zero-order valence-electron chi connectivity index (χ0n) is 13.3. The minimum absolute atomic E-state index is 0.102. The average Bonchev–Trinajstić information content (AvgIpc) is 2.55. The number of hydrogen-bond donors (Lipinski definition) is 2. The predicted octanol–water partition coefficient (Wildman–Crippen LogP) is -1.35. The second-order valence-corrected chi connectivity index (χ2v) is 5.53. The highest BCUT2D eigenvalue weighted by Crippen LogP contribution is 1.97. The summed E-state index contributed by atoms with van der Waals surface area (Å²) in [6.07, 6.45) is 3.32. The first-order chi connectivity index (χ1) is 10.6. The smallest absolute Gasteiger partial charge is 0.271 e. The maximum Gasteiger partial charge on any atom is 0.271 e. The van der Waals surface area contributed by atoms with Crippen LogP contribution in [-0.2, 0) is 4.79 Å². The number of likely N-dealkylation sites (N-methyl/N-ethyl adjacent to an activating group) is 1. The summed E-state index contributed by atoms with van der Waals surface area (Å²) in [5.41, 5.74) is 1.04. The molecule has 0 saturated carbocycles. The molecule has 1 aliphatic heterocycles. The standard InChI is InChI=1S/C15H23N5O2/c1-3-19-6-8-20(9-7-19)14(21)4-5-16-15(22)13-11-17-12(2)10-18-13/h10-11H,3-9H2,1-2H3,(H,16,22)/p+1. The van der Waals surface area contributed by atoms with Gasteiger partial charge in [-0.3, -0.25) is 14.6 Å². The fourth-order valence-corrected chi connectivity index (χ4v) is 2.47. The van der Waals surface area contributed by atoms with Crippen LogP contribution >= 0.6 is 0 Å². The van der Waals surface area contributed by atoms with Crippen molar-refractivity contribution >= 4 is 11.8 Å². The Morgan fingerprint density at radius 3 is 2.59 bits per heavy atom. The van der Waals surface area contributed by atoms with E-state index in [1.165, 1.54) is 11.1 Å². The van der Waals surface area contributed by atoms with Gasteiger partial charge in [0, 0.05) is 19.2 Å². The van der Waals surface area contributed by atoms with E-state index in [0.717, 1.165) is 38.4 Å². The first-order valence-corrected chi connectivity index (χ1v) is 7.78. The van der Waals surface area contributed by atoms with Crippen LogP contribution < -0.4 is 10.2 Å². The Balaban J connectivity index is 1.71. The van der Waals surface area contributed by atoms with Crippen LogP contribution in [-0.4, -0.2) is 66.0 Å². The van der Waals surface area contributed by atoms with Crippen molar-refractivity contribution in [1.29, 1.82) is 0 Å². The third-order valence-corrected chi connectivity index (χ3v) is 3.96. The number of rotatable bonds is 5. The second kappa shape index (κ2) is 7.84. The highest BCUT2D eigenvalue weighted by atomic mass is 16.2.